The summed E-state index contributed by atoms with van der Waals surface area (Å²) in [6.45, 7) is 11.2. The number of aliphatic hydroxyl groups excluding tert-OH is 1. The van der Waals surface area contributed by atoms with E-state index in [0.29, 0.717) is 36.7 Å². The molecule has 0 radical (unpaired) electrons. The fourth-order valence-corrected chi connectivity index (χ4v) is 4.12. The quantitative estimate of drug-likeness (QED) is 0.485. The lowest BCUT2D eigenvalue weighted by molar-refractivity contribution is -0.000451. The Hall–Kier alpha value is -2.36. The molecule has 0 fully saturated rings. The standard InChI is InChI=1S/C26H44N4O5/c1-17(2)28-26(33)29-21-10-11-23-22(13-21)25(32)30(19(4)16-31)15-18(3)24(14-27-6)34-12-8-7-9-20(5)35-23/h10-11,13,17-20,24,27,31H,7-9,12,14-16H2,1-6H3,(H2,28,29,33)/t18-,19-,20+,24+/m1/s1. The number of hydrogen-bond acceptors (Lipinski definition) is 6. The van der Waals surface area contributed by atoms with Crippen LogP contribution in [0.5, 0.6) is 5.75 Å². The van der Waals surface area contributed by atoms with Crippen molar-refractivity contribution in [1.82, 2.24) is 15.5 Å². The van der Waals surface area contributed by atoms with E-state index in [1.54, 1.807) is 23.1 Å². The van der Waals surface area contributed by atoms with Gasteiger partial charge in [-0.15, -0.1) is 0 Å². The van der Waals surface area contributed by atoms with Crippen LogP contribution >= 0.6 is 0 Å². The van der Waals surface area contributed by atoms with Crippen LogP contribution in [-0.2, 0) is 4.74 Å². The fourth-order valence-electron chi connectivity index (χ4n) is 4.12. The number of hydrogen-bond donors (Lipinski definition) is 4. The lowest BCUT2D eigenvalue weighted by Crippen LogP contribution is -2.47. The lowest BCUT2D eigenvalue weighted by atomic mass is 10.0. The van der Waals surface area contributed by atoms with E-state index in [-0.39, 0.29) is 42.7 Å². The van der Waals surface area contributed by atoms with Crippen molar-refractivity contribution in [1.29, 1.82) is 0 Å². The van der Waals surface area contributed by atoms with Crippen molar-refractivity contribution in [3.63, 3.8) is 0 Å². The molecule has 35 heavy (non-hydrogen) atoms. The minimum absolute atomic E-state index is 0.0201. The van der Waals surface area contributed by atoms with E-state index < -0.39 is 6.04 Å². The second-order valence-corrected chi connectivity index (χ2v) is 9.82. The minimum atomic E-state index is -0.404. The number of anilines is 1. The van der Waals surface area contributed by atoms with Crippen LogP contribution in [0.3, 0.4) is 0 Å². The Labute approximate surface area is 209 Å². The molecule has 1 aromatic rings. The maximum Gasteiger partial charge on any atom is 0.319 e. The average Bonchev–Trinajstić information content (AvgIpc) is 2.80. The fraction of sp³-hybridized carbons (Fsp3) is 0.692. The maximum absolute atomic E-state index is 13.9. The van der Waals surface area contributed by atoms with Gasteiger partial charge in [0.15, 0.2) is 0 Å². The third-order valence-corrected chi connectivity index (χ3v) is 6.13. The number of urea groups is 1. The largest absolute Gasteiger partial charge is 0.490 e. The maximum atomic E-state index is 13.9. The molecule has 9 heteroatoms. The molecule has 0 spiro atoms. The van der Waals surface area contributed by atoms with Crippen LogP contribution in [0.15, 0.2) is 18.2 Å². The Bertz CT molecular complexity index is 819. The highest BCUT2D eigenvalue weighted by Gasteiger charge is 2.29. The molecule has 0 saturated carbocycles. The molecule has 0 aliphatic carbocycles. The van der Waals surface area contributed by atoms with Crippen LogP contribution in [-0.4, -0.2) is 79.6 Å². The highest BCUT2D eigenvalue weighted by atomic mass is 16.5. The van der Waals surface area contributed by atoms with Gasteiger partial charge in [-0.25, -0.2) is 4.79 Å². The molecular weight excluding hydrogens is 448 g/mol. The van der Waals surface area contributed by atoms with Crippen LogP contribution in [0.4, 0.5) is 10.5 Å². The predicted octanol–water partition coefficient (Wildman–Crippen LogP) is 3.23. The highest BCUT2D eigenvalue weighted by molar-refractivity contribution is 5.99. The number of carbonyl (C=O) groups is 2. The molecule has 1 heterocycles. The molecule has 0 unspecified atom stereocenters. The Morgan fingerprint density at radius 2 is 1.97 bits per heavy atom. The van der Waals surface area contributed by atoms with E-state index in [4.69, 9.17) is 9.47 Å². The smallest absolute Gasteiger partial charge is 0.319 e. The number of amides is 3. The van der Waals surface area contributed by atoms with E-state index in [1.807, 2.05) is 34.7 Å². The van der Waals surface area contributed by atoms with Gasteiger partial charge in [0, 0.05) is 37.3 Å². The van der Waals surface area contributed by atoms with Gasteiger partial charge in [0.05, 0.1) is 30.4 Å². The van der Waals surface area contributed by atoms with Crippen molar-refractivity contribution >= 4 is 17.6 Å². The molecule has 4 N–H and O–H groups in total. The number of benzene rings is 1. The molecule has 2 rings (SSSR count). The zero-order chi connectivity index (χ0) is 26.0. The summed E-state index contributed by atoms with van der Waals surface area (Å²) in [5, 5.41) is 18.7. The topological polar surface area (TPSA) is 112 Å². The molecule has 3 amide bonds. The zero-order valence-corrected chi connectivity index (χ0v) is 22.1. The average molecular weight is 493 g/mol. The number of rotatable bonds is 6. The first-order chi connectivity index (χ1) is 16.7. The highest BCUT2D eigenvalue weighted by Crippen LogP contribution is 2.28. The zero-order valence-electron chi connectivity index (χ0n) is 22.1. The van der Waals surface area contributed by atoms with Crippen molar-refractivity contribution < 1.29 is 24.2 Å². The molecule has 1 aromatic carbocycles. The molecule has 4 atom stereocenters. The normalized spacial score (nSPS) is 23.1. The van der Waals surface area contributed by atoms with Crippen LogP contribution in [0.1, 0.15) is 64.2 Å². The second-order valence-electron chi connectivity index (χ2n) is 9.82. The van der Waals surface area contributed by atoms with Gasteiger partial charge in [-0.3, -0.25) is 4.79 Å². The van der Waals surface area contributed by atoms with Gasteiger partial charge in [0.1, 0.15) is 5.75 Å². The first-order valence-electron chi connectivity index (χ1n) is 12.7. The molecule has 0 bridgehead atoms. The summed E-state index contributed by atoms with van der Waals surface area (Å²) in [6, 6.07) is 4.36. The lowest BCUT2D eigenvalue weighted by Gasteiger charge is -2.34. The van der Waals surface area contributed by atoms with Gasteiger partial charge >= 0.3 is 6.03 Å². The van der Waals surface area contributed by atoms with Crippen molar-refractivity contribution in [3.05, 3.63) is 23.8 Å². The van der Waals surface area contributed by atoms with Crippen molar-refractivity contribution in [2.24, 2.45) is 5.92 Å². The van der Waals surface area contributed by atoms with E-state index in [9.17, 15) is 14.7 Å². The van der Waals surface area contributed by atoms with Gasteiger partial charge < -0.3 is 35.4 Å². The first-order valence-corrected chi connectivity index (χ1v) is 12.7. The van der Waals surface area contributed by atoms with Crippen LogP contribution < -0.4 is 20.7 Å². The summed E-state index contributed by atoms with van der Waals surface area (Å²) >= 11 is 0. The molecule has 0 saturated heterocycles. The Morgan fingerprint density at radius 3 is 2.63 bits per heavy atom. The van der Waals surface area contributed by atoms with E-state index >= 15 is 0 Å². The molecule has 1 aliphatic rings. The number of nitrogens with zero attached hydrogens (tertiary/aromatic N) is 1. The van der Waals surface area contributed by atoms with Gasteiger partial charge in [0.2, 0.25) is 0 Å². The summed E-state index contributed by atoms with van der Waals surface area (Å²) in [5.74, 6) is 0.249. The van der Waals surface area contributed by atoms with E-state index in [1.165, 1.54) is 0 Å². The van der Waals surface area contributed by atoms with Crippen LogP contribution in [0.2, 0.25) is 0 Å². The second kappa shape index (κ2) is 14.3. The van der Waals surface area contributed by atoms with Crippen LogP contribution in [0.25, 0.3) is 0 Å². The van der Waals surface area contributed by atoms with Gasteiger partial charge in [-0.1, -0.05) is 6.92 Å². The van der Waals surface area contributed by atoms with Gasteiger partial charge in [-0.2, -0.15) is 0 Å². The van der Waals surface area contributed by atoms with Crippen LogP contribution in [0, 0.1) is 5.92 Å². The van der Waals surface area contributed by atoms with Crippen molar-refractivity contribution in [3.8, 4) is 5.75 Å². The van der Waals surface area contributed by atoms with E-state index in [2.05, 4.69) is 22.9 Å². The van der Waals surface area contributed by atoms with Crippen molar-refractivity contribution in [2.45, 2.75) is 78.2 Å². The SMILES string of the molecule is CNC[C@@H]1OCCCC[C@H](C)Oc2ccc(NC(=O)NC(C)C)cc2C(=O)N([C@H](C)CO)C[C@H]1C. The third kappa shape index (κ3) is 8.98. The summed E-state index contributed by atoms with van der Waals surface area (Å²) in [6.07, 6.45) is 2.55. The number of carbonyl (C=O) groups excluding carboxylic acids is 2. The number of fused-ring (bicyclic) bond motifs is 1. The Kier molecular flexibility index (Phi) is 11.8. The molecule has 1 aliphatic heterocycles. The summed E-state index contributed by atoms with van der Waals surface area (Å²) in [7, 11) is 1.89. The van der Waals surface area contributed by atoms with Gasteiger partial charge in [0.25, 0.3) is 5.91 Å². The van der Waals surface area contributed by atoms with Gasteiger partial charge in [-0.05, 0) is 72.2 Å². The summed E-state index contributed by atoms with van der Waals surface area (Å²) < 4.78 is 12.4. The predicted molar refractivity (Wildman–Crippen MR) is 138 cm³/mol. The Morgan fingerprint density at radius 1 is 1.23 bits per heavy atom. The van der Waals surface area contributed by atoms with Crippen molar-refractivity contribution in [2.75, 3.05) is 38.7 Å². The third-order valence-electron chi connectivity index (χ3n) is 6.13. The number of aliphatic hydroxyl groups is 1. The summed E-state index contributed by atoms with van der Waals surface area (Å²) in [4.78, 5) is 27.8. The minimum Gasteiger partial charge on any atom is -0.490 e. The molecule has 0 aromatic heterocycles. The molecule has 198 valence electrons. The summed E-state index contributed by atoms with van der Waals surface area (Å²) in [5.41, 5.74) is 0.850. The monoisotopic (exact) mass is 492 g/mol. The molecular formula is C26H44N4O5. The number of likely N-dealkylation sites (N-methyl/N-ethyl adjacent to an activating group) is 1. The Balaban J connectivity index is 2.46. The number of ether oxygens (including phenoxy) is 2. The number of nitrogens with one attached hydrogen (secondary N) is 3. The molecule has 9 nitrogen and oxygen atoms in total. The van der Waals surface area contributed by atoms with E-state index in [0.717, 1.165) is 19.3 Å². The first kappa shape index (κ1) is 28.9.